The summed E-state index contributed by atoms with van der Waals surface area (Å²) in [5, 5.41) is 0. The third-order valence-corrected chi connectivity index (χ3v) is 5.12. The van der Waals surface area contributed by atoms with E-state index >= 15 is 0 Å². The highest BCUT2D eigenvalue weighted by Crippen LogP contribution is 2.40. The van der Waals surface area contributed by atoms with Crippen LogP contribution in [0.4, 0.5) is 0 Å². The molecule has 2 aromatic rings. The molecule has 6 heteroatoms. The third-order valence-electron chi connectivity index (χ3n) is 5.12. The fourth-order valence-corrected chi connectivity index (χ4v) is 3.39. The maximum atomic E-state index is 5.47. The molecular weight excluding hydrogens is 384 g/mol. The van der Waals surface area contributed by atoms with Crippen LogP contribution in [0.2, 0.25) is 0 Å². The molecule has 2 rings (SSSR count). The van der Waals surface area contributed by atoms with E-state index in [-0.39, 0.29) is 0 Å². The Hall–Kier alpha value is -3.02. The fraction of sp³-hybridized carbons (Fsp3) is 0.417. The van der Waals surface area contributed by atoms with Crippen molar-refractivity contribution in [1.82, 2.24) is 0 Å². The van der Waals surface area contributed by atoms with Gasteiger partial charge in [-0.3, -0.25) is 0 Å². The van der Waals surface area contributed by atoms with Crippen LogP contribution in [0, 0.1) is 0 Å². The Morgan fingerprint density at radius 2 is 0.767 bits per heavy atom. The molecule has 0 radical (unpaired) electrons. The molecule has 0 heterocycles. The summed E-state index contributed by atoms with van der Waals surface area (Å²) < 4.78 is 32.7. The van der Waals surface area contributed by atoms with Crippen LogP contribution in [0.15, 0.2) is 35.4 Å². The van der Waals surface area contributed by atoms with E-state index in [0.717, 1.165) is 24.0 Å². The zero-order valence-electron chi connectivity index (χ0n) is 19.2. The second-order valence-corrected chi connectivity index (χ2v) is 6.98. The largest absolute Gasteiger partial charge is 0.493 e. The highest BCUT2D eigenvalue weighted by atomic mass is 16.5. The number of rotatable bonds is 10. The molecule has 0 unspecified atom stereocenters. The van der Waals surface area contributed by atoms with Crippen molar-refractivity contribution < 1.29 is 28.4 Å². The molecule has 0 amide bonds. The number of ether oxygens (including phenoxy) is 6. The van der Waals surface area contributed by atoms with Gasteiger partial charge >= 0.3 is 0 Å². The summed E-state index contributed by atoms with van der Waals surface area (Å²) in [6.07, 6.45) is 1.54. The Balaban J connectivity index is 2.32. The highest BCUT2D eigenvalue weighted by molar-refractivity contribution is 5.55. The molecule has 0 bridgehead atoms. The first-order valence-electron chi connectivity index (χ1n) is 9.65. The van der Waals surface area contributed by atoms with Gasteiger partial charge in [-0.05, 0) is 62.1 Å². The summed E-state index contributed by atoms with van der Waals surface area (Å²) in [5.41, 5.74) is 4.70. The van der Waals surface area contributed by atoms with Gasteiger partial charge < -0.3 is 28.4 Å². The van der Waals surface area contributed by atoms with Gasteiger partial charge in [0.05, 0.1) is 42.7 Å². The standard InChI is InChI=1S/C24H32O6/c1-15(9-17-11-19(25-3)23(29-7)20(12-17)26-4)16(2)10-18-13-21(27-5)24(30-8)22(14-18)28-6/h11-14H,9-10H2,1-8H3/b16-15+. The van der Waals surface area contributed by atoms with Crippen LogP contribution in [0.5, 0.6) is 34.5 Å². The average molecular weight is 417 g/mol. The lowest BCUT2D eigenvalue weighted by molar-refractivity contribution is 0.324. The van der Waals surface area contributed by atoms with E-state index in [2.05, 4.69) is 13.8 Å². The van der Waals surface area contributed by atoms with Crippen molar-refractivity contribution in [2.24, 2.45) is 0 Å². The van der Waals surface area contributed by atoms with E-state index < -0.39 is 0 Å². The van der Waals surface area contributed by atoms with Crippen LogP contribution in [0.3, 0.4) is 0 Å². The summed E-state index contributed by atoms with van der Waals surface area (Å²) in [4.78, 5) is 0. The predicted octanol–water partition coefficient (Wildman–Crippen LogP) is 4.86. The summed E-state index contributed by atoms with van der Waals surface area (Å²) in [5.74, 6) is 3.81. The molecule has 30 heavy (non-hydrogen) atoms. The lowest BCUT2D eigenvalue weighted by atomic mass is 9.96. The zero-order valence-corrected chi connectivity index (χ0v) is 19.2. The van der Waals surface area contributed by atoms with E-state index in [9.17, 15) is 0 Å². The van der Waals surface area contributed by atoms with Gasteiger partial charge in [0.15, 0.2) is 23.0 Å². The fourth-order valence-electron chi connectivity index (χ4n) is 3.39. The third kappa shape index (κ3) is 5.12. The molecular formula is C24H32O6. The van der Waals surface area contributed by atoms with E-state index in [0.29, 0.717) is 34.5 Å². The molecule has 0 aliphatic carbocycles. The Kier molecular flexibility index (Phi) is 8.27. The van der Waals surface area contributed by atoms with E-state index in [1.54, 1.807) is 42.7 Å². The predicted molar refractivity (Wildman–Crippen MR) is 118 cm³/mol. The normalized spacial score (nSPS) is 11.5. The first-order chi connectivity index (χ1) is 14.4. The second-order valence-electron chi connectivity index (χ2n) is 6.98. The molecule has 0 spiro atoms. The summed E-state index contributed by atoms with van der Waals surface area (Å²) in [7, 11) is 9.71. The Labute approximate surface area is 179 Å². The smallest absolute Gasteiger partial charge is 0.203 e. The van der Waals surface area contributed by atoms with Crippen LogP contribution < -0.4 is 28.4 Å². The summed E-state index contributed by atoms with van der Waals surface area (Å²) >= 11 is 0. The Morgan fingerprint density at radius 1 is 0.500 bits per heavy atom. The lowest BCUT2D eigenvalue weighted by Crippen LogP contribution is -2.00. The minimum Gasteiger partial charge on any atom is -0.493 e. The van der Waals surface area contributed by atoms with Gasteiger partial charge in [-0.25, -0.2) is 0 Å². The number of methoxy groups -OCH3 is 6. The summed E-state index contributed by atoms with van der Waals surface area (Å²) in [6.45, 7) is 4.27. The van der Waals surface area contributed by atoms with Crippen LogP contribution in [0.25, 0.3) is 0 Å². The molecule has 0 aliphatic heterocycles. The minimum atomic E-state index is 0.597. The van der Waals surface area contributed by atoms with Gasteiger partial charge in [0.25, 0.3) is 0 Å². The highest BCUT2D eigenvalue weighted by Gasteiger charge is 2.15. The van der Waals surface area contributed by atoms with Gasteiger partial charge in [-0.1, -0.05) is 11.1 Å². The average Bonchev–Trinajstić information content (AvgIpc) is 2.77. The first kappa shape index (κ1) is 23.3. The number of hydrogen-bond donors (Lipinski definition) is 0. The molecule has 0 atom stereocenters. The van der Waals surface area contributed by atoms with Crippen molar-refractivity contribution in [2.75, 3.05) is 42.7 Å². The molecule has 0 saturated heterocycles. The topological polar surface area (TPSA) is 55.4 Å². The first-order valence-corrected chi connectivity index (χ1v) is 9.65. The van der Waals surface area contributed by atoms with Gasteiger partial charge in [0.1, 0.15) is 0 Å². The molecule has 164 valence electrons. The van der Waals surface area contributed by atoms with Gasteiger partial charge in [0, 0.05) is 0 Å². The Bertz CT molecular complexity index is 777. The minimum absolute atomic E-state index is 0.597. The lowest BCUT2D eigenvalue weighted by Gasteiger charge is -2.16. The number of benzene rings is 2. The molecule has 0 saturated carbocycles. The molecule has 2 aromatic carbocycles. The van der Waals surface area contributed by atoms with Gasteiger partial charge in [-0.15, -0.1) is 0 Å². The SMILES string of the molecule is COc1cc(C/C(C)=C(\C)Cc2cc(OC)c(OC)c(OC)c2)cc(OC)c1OC. The van der Waals surface area contributed by atoms with Gasteiger partial charge in [0.2, 0.25) is 11.5 Å². The molecule has 6 nitrogen and oxygen atoms in total. The Morgan fingerprint density at radius 3 is 0.967 bits per heavy atom. The van der Waals surface area contributed by atoms with E-state index in [1.807, 2.05) is 24.3 Å². The van der Waals surface area contributed by atoms with Crippen molar-refractivity contribution in [3.8, 4) is 34.5 Å². The van der Waals surface area contributed by atoms with Crippen LogP contribution >= 0.6 is 0 Å². The molecule has 0 fully saturated rings. The van der Waals surface area contributed by atoms with Crippen molar-refractivity contribution >= 4 is 0 Å². The van der Waals surface area contributed by atoms with Gasteiger partial charge in [-0.2, -0.15) is 0 Å². The van der Waals surface area contributed by atoms with Crippen molar-refractivity contribution in [3.63, 3.8) is 0 Å². The molecule has 0 N–H and O–H groups in total. The van der Waals surface area contributed by atoms with Crippen LogP contribution in [-0.4, -0.2) is 42.7 Å². The maximum Gasteiger partial charge on any atom is 0.203 e. The quantitative estimate of drug-likeness (QED) is 0.516. The summed E-state index contributed by atoms with van der Waals surface area (Å²) in [6, 6.07) is 7.93. The van der Waals surface area contributed by atoms with Crippen molar-refractivity contribution in [3.05, 3.63) is 46.5 Å². The van der Waals surface area contributed by atoms with Crippen LogP contribution in [0.1, 0.15) is 25.0 Å². The monoisotopic (exact) mass is 416 g/mol. The van der Waals surface area contributed by atoms with E-state index in [4.69, 9.17) is 28.4 Å². The second kappa shape index (κ2) is 10.7. The molecule has 0 aliphatic rings. The van der Waals surface area contributed by atoms with E-state index in [1.165, 1.54) is 11.1 Å². The number of hydrogen-bond acceptors (Lipinski definition) is 6. The van der Waals surface area contributed by atoms with Crippen molar-refractivity contribution in [1.29, 1.82) is 0 Å². The molecule has 0 aromatic heterocycles. The maximum absolute atomic E-state index is 5.47. The number of allylic oxidation sites excluding steroid dienone is 2. The van der Waals surface area contributed by atoms with Crippen LogP contribution in [-0.2, 0) is 12.8 Å². The zero-order chi connectivity index (χ0) is 22.3. The van der Waals surface area contributed by atoms with Crippen molar-refractivity contribution in [2.45, 2.75) is 26.7 Å².